The van der Waals surface area contributed by atoms with Crippen molar-refractivity contribution >= 4 is 17.6 Å². The SMILES string of the molecule is CCN=C(N)N(C)C(=O)C(C)(C)c1cc(NC2CC(C)(C)CC2O)ccc1F. The van der Waals surface area contributed by atoms with E-state index in [0.29, 0.717) is 18.7 Å². The van der Waals surface area contributed by atoms with Crippen LogP contribution in [0, 0.1) is 11.2 Å². The molecule has 2 unspecified atom stereocenters. The van der Waals surface area contributed by atoms with E-state index in [0.717, 1.165) is 6.42 Å². The summed E-state index contributed by atoms with van der Waals surface area (Å²) in [6.07, 6.45) is 1.06. The molecule has 1 aliphatic carbocycles. The monoisotopic (exact) mass is 392 g/mol. The van der Waals surface area contributed by atoms with Crippen LogP contribution in [0.5, 0.6) is 0 Å². The van der Waals surface area contributed by atoms with Crippen LogP contribution >= 0.6 is 0 Å². The number of amides is 1. The molecule has 0 aromatic heterocycles. The lowest BCUT2D eigenvalue weighted by atomic mass is 9.82. The van der Waals surface area contributed by atoms with Gasteiger partial charge in [-0.05, 0) is 57.2 Å². The number of benzene rings is 1. The summed E-state index contributed by atoms with van der Waals surface area (Å²) < 4.78 is 14.6. The number of aliphatic hydroxyl groups excluding tert-OH is 1. The number of carbonyl (C=O) groups excluding carboxylic acids is 1. The molecule has 0 spiro atoms. The molecule has 4 N–H and O–H groups in total. The summed E-state index contributed by atoms with van der Waals surface area (Å²) >= 11 is 0. The van der Waals surface area contributed by atoms with Crippen molar-refractivity contribution in [3.05, 3.63) is 29.6 Å². The predicted octanol–water partition coefficient (Wildman–Crippen LogP) is 2.86. The third-order valence-corrected chi connectivity index (χ3v) is 5.49. The minimum atomic E-state index is -1.14. The number of nitrogens with one attached hydrogen (secondary N) is 1. The van der Waals surface area contributed by atoms with Crippen molar-refractivity contribution in [1.82, 2.24) is 4.90 Å². The van der Waals surface area contributed by atoms with E-state index in [4.69, 9.17) is 5.73 Å². The Morgan fingerprint density at radius 2 is 2.07 bits per heavy atom. The van der Waals surface area contributed by atoms with Gasteiger partial charge >= 0.3 is 0 Å². The normalized spacial score (nSPS) is 22.2. The average Bonchev–Trinajstić information content (AvgIpc) is 2.86. The summed E-state index contributed by atoms with van der Waals surface area (Å²) in [5.74, 6) is -0.706. The number of carbonyl (C=O) groups is 1. The van der Waals surface area contributed by atoms with E-state index in [9.17, 15) is 14.3 Å². The number of hydrogen-bond acceptors (Lipinski definition) is 4. The average molecular weight is 393 g/mol. The highest BCUT2D eigenvalue weighted by Crippen LogP contribution is 2.39. The van der Waals surface area contributed by atoms with E-state index >= 15 is 0 Å². The van der Waals surface area contributed by atoms with Crippen LogP contribution in [0.3, 0.4) is 0 Å². The van der Waals surface area contributed by atoms with Crippen molar-refractivity contribution in [3.8, 4) is 0 Å². The molecule has 7 heteroatoms. The van der Waals surface area contributed by atoms with Crippen molar-refractivity contribution in [2.24, 2.45) is 16.1 Å². The molecule has 0 radical (unpaired) electrons. The number of anilines is 1. The van der Waals surface area contributed by atoms with Crippen molar-refractivity contribution in [2.75, 3.05) is 18.9 Å². The number of likely N-dealkylation sites (N-methyl/N-ethyl adjacent to an activating group) is 1. The molecule has 0 bridgehead atoms. The molecule has 2 rings (SSSR count). The maximum Gasteiger partial charge on any atom is 0.239 e. The molecule has 0 saturated heterocycles. The third-order valence-electron chi connectivity index (χ3n) is 5.49. The summed E-state index contributed by atoms with van der Waals surface area (Å²) in [5.41, 5.74) is 5.70. The van der Waals surface area contributed by atoms with Crippen LogP contribution in [0.4, 0.5) is 10.1 Å². The van der Waals surface area contributed by atoms with Gasteiger partial charge in [0, 0.05) is 24.8 Å². The van der Waals surface area contributed by atoms with Crippen molar-refractivity contribution in [2.45, 2.75) is 65.0 Å². The second-order valence-corrected chi connectivity index (χ2v) is 8.91. The number of nitrogens with zero attached hydrogens (tertiary/aromatic N) is 2. The lowest BCUT2D eigenvalue weighted by Crippen LogP contribution is -2.47. The van der Waals surface area contributed by atoms with Gasteiger partial charge in [-0.25, -0.2) is 4.39 Å². The standard InChI is InChI=1S/C21H33FN4O2/c1-7-24-19(23)26(6)18(28)21(4,5)14-10-13(8-9-15(14)22)25-16-11-20(2,3)12-17(16)27/h8-10,16-17,25,27H,7,11-12H2,1-6H3,(H2,23,24). The molecule has 2 atom stereocenters. The Hall–Kier alpha value is -2.15. The topological polar surface area (TPSA) is 91.0 Å². The molecule has 1 fully saturated rings. The van der Waals surface area contributed by atoms with Crippen molar-refractivity contribution in [3.63, 3.8) is 0 Å². The lowest BCUT2D eigenvalue weighted by molar-refractivity contribution is -0.131. The first kappa shape index (κ1) is 22.1. The number of hydrogen-bond donors (Lipinski definition) is 3. The summed E-state index contributed by atoms with van der Waals surface area (Å²) in [6.45, 7) is 9.85. The molecule has 156 valence electrons. The van der Waals surface area contributed by atoms with Gasteiger partial charge in [0.1, 0.15) is 5.82 Å². The summed E-state index contributed by atoms with van der Waals surface area (Å²) in [7, 11) is 1.54. The molecule has 1 aromatic rings. The van der Waals surface area contributed by atoms with Gasteiger partial charge in [0.2, 0.25) is 5.91 Å². The quantitative estimate of drug-likeness (QED) is 0.531. The first-order valence-electron chi connectivity index (χ1n) is 9.71. The van der Waals surface area contributed by atoms with Gasteiger partial charge in [-0.1, -0.05) is 13.8 Å². The molecule has 28 heavy (non-hydrogen) atoms. The van der Waals surface area contributed by atoms with Gasteiger partial charge in [-0.15, -0.1) is 0 Å². The first-order chi connectivity index (χ1) is 12.9. The van der Waals surface area contributed by atoms with E-state index in [-0.39, 0.29) is 28.9 Å². The van der Waals surface area contributed by atoms with Gasteiger partial charge in [0.25, 0.3) is 0 Å². The Kier molecular flexibility index (Phi) is 6.38. The van der Waals surface area contributed by atoms with Crippen LogP contribution in [-0.4, -0.2) is 47.6 Å². The molecule has 0 heterocycles. The van der Waals surface area contributed by atoms with Gasteiger partial charge < -0.3 is 16.2 Å². The Morgan fingerprint density at radius 1 is 1.43 bits per heavy atom. The summed E-state index contributed by atoms with van der Waals surface area (Å²) in [5, 5.41) is 13.6. The van der Waals surface area contributed by atoms with Crippen molar-refractivity contribution in [1.29, 1.82) is 0 Å². The second-order valence-electron chi connectivity index (χ2n) is 8.91. The van der Waals surface area contributed by atoms with E-state index in [1.807, 2.05) is 6.92 Å². The zero-order chi connectivity index (χ0) is 21.3. The smallest absolute Gasteiger partial charge is 0.239 e. The number of guanidine groups is 1. The third kappa shape index (κ3) is 4.63. The largest absolute Gasteiger partial charge is 0.391 e. The second kappa shape index (κ2) is 8.07. The number of rotatable bonds is 5. The highest BCUT2D eigenvalue weighted by Gasteiger charge is 2.39. The summed E-state index contributed by atoms with van der Waals surface area (Å²) in [6, 6.07) is 4.52. The number of halogens is 1. The highest BCUT2D eigenvalue weighted by atomic mass is 19.1. The Labute approximate surface area is 167 Å². The molecule has 1 aromatic carbocycles. The van der Waals surface area contributed by atoms with Crippen LogP contribution in [0.25, 0.3) is 0 Å². The molecule has 0 aliphatic heterocycles. The van der Waals surface area contributed by atoms with Crippen molar-refractivity contribution < 1.29 is 14.3 Å². The maximum absolute atomic E-state index is 14.6. The van der Waals surface area contributed by atoms with Crippen LogP contribution in [0.15, 0.2) is 23.2 Å². The zero-order valence-corrected chi connectivity index (χ0v) is 17.7. The molecule has 1 amide bonds. The minimum Gasteiger partial charge on any atom is -0.391 e. The van der Waals surface area contributed by atoms with E-state index < -0.39 is 17.3 Å². The first-order valence-corrected chi connectivity index (χ1v) is 9.71. The fraction of sp³-hybridized carbons (Fsp3) is 0.619. The van der Waals surface area contributed by atoms with Gasteiger partial charge in [-0.3, -0.25) is 14.7 Å². The minimum absolute atomic E-state index is 0.0496. The molecular formula is C21H33FN4O2. The molecular weight excluding hydrogens is 359 g/mol. The number of aliphatic imine (C=N–C) groups is 1. The van der Waals surface area contributed by atoms with Crippen LogP contribution in [0.2, 0.25) is 0 Å². The zero-order valence-electron chi connectivity index (χ0n) is 17.7. The van der Waals surface area contributed by atoms with E-state index in [1.54, 1.807) is 26.0 Å². The fourth-order valence-corrected chi connectivity index (χ4v) is 3.89. The molecule has 6 nitrogen and oxygen atoms in total. The van der Waals surface area contributed by atoms with Gasteiger partial charge in [0.05, 0.1) is 17.6 Å². The highest BCUT2D eigenvalue weighted by molar-refractivity contribution is 6.00. The van der Waals surface area contributed by atoms with Crippen LogP contribution < -0.4 is 11.1 Å². The van der Waals surface area contributed by atoms with E-state index in [1.165, 1.54) is 18.0 Å². The molecule has 1 aliphatic rings. The van der Waals surface area contributed by atoms with E-state index in [2.05, 4.69) is 24.2 Å². The Balaban J connectivity index is 2.29. The van der Waals surface area contributed by atoms with Crippen LogP contribution in [0.1, 0.15) is 53.0 Å². The Bertz CT molecular complexity index is 761. The fourth-order valence-electron chi connectivity index (χ4n) is 3.89. The Morgan fingerprint density at radius 3 is 2.61 bits per heavy atom. The predicted molar refractivity (Wildman–Crippen MR) is 111 cm³/mol. The summed E-state index contributed by atoms with van der Waals surface area (Å²) in [4.78, 5) is 18.3. The lowest BCUT2D eigenvalue weighted by Gasteiger charge is -2.30. The molecule has 1 saturated carbocycles. The van der Waals surface area contributed by atoms with Gasteiger partial charge in [-0.2, -0.15) is 0 Å². The number of nitrogens with two attached hydrogens (primary N) is 1. The van der Waals surface area contributed by atoms with Gasteiger partial charge in [0.15, 0.2) is 5.96 Å². The van der Waals surface area contributed by atoms with Crippen LogP contribution in [-0.2, 0) is 10.2 Å². The maximum atomic E-state index is 14.6. The number of aliphatic hydroxyl groups is 1.